The Morgan fingerprint density at radius 3 is 2.70 bits per heavy atom. The van der Waals surface area contributed by atoms with E-state index in [0.717, 1.165) is 61.9 Å². The highest BCUT2D eigenvalue weighted by molar-refractivity contribution is 7.16. The summed E-state index contributed by atoms with van der Waals surface area (Å²) in [6.45, 7) is 3.69. The fraction of sp³-hybridized carbons (Fsp3) is 0.478. The highest BCUT2D eigenvalue weighted by Gasteiger charge is 2.24. The van der Waals surface area contributed by atoms with Gasteiger partial charge in [0.05, 0.1) is 24.9 Å². The predicted molar refractivity (Wildman–Crippen MR) is 121 cm³/mol. The molecule has 0 radical (unpaired) electrons. The van der Waals surface area contributed by atoms with Crippen molar-refractivity contribution >= 4 is 27.9 Å². The number of nitriles is 1. The van der Waals surface area contributed by atoms with E-state index >= 15 is 0 Å². The normalized spacial score (nSPS) is 17.0. The van der Waals surface area contributed by atoms with E-state index in [1.807, 2.05) is 18.2 Å². The number of fused-ring (bicyclic) bond motifs is 1. The molecule has 1 amide bonds. The van der Waals surface area contributed by atoms with Gasteiger partial charge in [-0.15, -0.1) is 11.3 Å². The summed E-state index contributed by atoms with van der Waals surface area (Å²) in [4.78, 5) is 18.4. The molecule has 0 bridgehead atoms. The second-order valence-electron chi connectivity index (χ2n) is 7.86. The van der Waals surface area contributed by atoms with Crippen LogP contribution in [-0.4, -0.2) is 50.6 Å². The molecule has 6 nitrogen and oxygen atoms in total. The van der Waals surface area contributed by atoms with Crippen molar-refractivity contribution in [3.8, 4) is 11.8 Å². The summed E-state index contributed by atoms with van der Waals surface area (Å²) in [5, 5.41) is 13.4. The molecule has 0 unspecified atom stereocenters. The number of nitrogens with one attached hydrogen (secondary N) is 1. The van der Waals surface area contributed by atoms with E-state index in [-0.39, 0.29) is 5.91 Å². The molecule has 2 aliphatic rings. The minimum absolute atomic E-state index is 0.0337. The zero-order chi connectivity index (χ0) is 20.9. The van der Waals surface area contributed by atoms with Crippen LogP contribution in [-0.2, 0) is 17.6 Å². The van der Waals surface area contributed by atoms with Crippen LogP contribution in [0.3, 0.4) is 0 Å². The molecule has 1 fully saturated rings. The summed E-state index contributed by atoms with van der Waals surface area (Å²) in [5.41, 5.74) is 2.95. The quantitative estimate of drug-likeness (QED) is 0.742. The largest absolute Gasteiger partial charge is 0.495 e. The summed E-state index contributed by atoms with van der Waals surface area (Å²) in [5.74, 6) is 0.846. The molecule has 2 heterocycles. The van der Waals surface area contributed by atoms with E-state index < -0.39 is 0 Å². The molecule has 0 atom stereocenters. The summed E-state index contributed by atoms with van der Waals surface area (Å²) in [6.07, 6.45) is 5.49. The molecular weight excluding hydrogens is 396 g/mol. The highest BCUT2D eigenvalue weighted by Crippen LogP contribution is 2.37. The number of aryl methyl sites for hydroxylation is 1. The van der Waals surface area contributed by atoms with Crippen LogP contribution in [0.5, 0.6) is 5.75 Å². The van der Waals surface area contributed by atoms with Gasteiger partial charge in [0.15, 0.2) is 0 Å². The summed E-state index contributed by atoms with van der Waals surface area (Å²) < 4.78 is 5.48. The number of ether oxygens (including phenoxy) is 1. The number of thiophene rings is 1. The number of benzene rings is 1. The Morgan fingerprint density at radius 1 is 1.17 bits per heavy atom. The van der Waals surface area contributed by atoms with Crippen LogP contribution in [0, 0.1) is 11.3 Å². The van der Waals surface area contributed by atoms with Crippen LogP contribution in [0.2, 0.25) is 0 Å². The number of methoxy groups -OCH3 is 1. The highest BCUT2D eigenvalue weighted by atomic mass is 32.1. The van der Waals surface area contributed by atoms with Gasteiger partial charge in [0.2, 0.25) is 5.91 Å². The molecule has 30 heavy (non-hydrogen) atoms. The molecule has 1 aromatic heterocycles. The van der Waals surface area contributed by atoms with Crippen LogP contribution in [0.1, 0.15) is 35.3 Å². The van der Waals surface area contributed by atoms with E-state index in [1.54, 1.807) is 18.4 Å². The Labute approximate surface area is 182 Å². The van der Waals surface area contributed by atoms with E-state index in [4.69, 9.17) is 4.74 Å². The number of anilines is 2. The average molecular weight is 425 g/mol. The maximum absolute atomic E-state index is 12.7. The van der Waals surface area contributed by atoms with Crippen LogP contribution in [0.4, 0.5) is 10.7 Å². The first-order valence-electron chi connectivity index (χ1n) is 10.6. The lowest BCUT2D eigenvalue weighted by Crippen LogP contribution is -2.48. The lowest BCUT2D eigenvalue weighted by molar-refractivity contribution is -0.117. The Hall–Kier alpha value is -2.56. The predicted octanol–water partition coefficient (Wildman–Crippen LogP) is 3.66. The number of hydrogen-bond donors (Lipinski definition) is 1. The third-order valence-electron chi connectivity index (χ3n) is 5.95. The van der Waals surface area contributed by atoms with Gasteiger partial charge in [0.25, 0.3) is 0 Å². The van der Waals surface area contributed by atoms with Crippen molar-refractivity contribution in [2.45, 2.75) is 32.1 Å². The van der Waals surface area contributed by atoms with Gasteiger partial charge in [-0.2, -0.15) is 5.26 Å². The fourth-order valence-corrected chi connectivity index (χ4v) is 5.61. The Kier molecular flexibility index (Phi) is 6.56. The Morgan fingerprint density at radius 2 is 1.93 bits per heavy atom. The average Bonchev–Trinajstić information content (AvgIpc) is 2.93. The number of nitrogens with zero attached hydrogens (tertiary/aromatic N) is 3. The molecule has 1 saturated heterocycles. The van der Waals surface area contributed by atoms with Crippen molar-refractivity contribution in [3.63, 3.8) is 0 Å². The van der Waals surface area contributed by atoms with Crippen molar-refractivity contribution in [2.24, 2.45) is 0 Å². The van der Waals surface area contributed by atoms with Gasteiger partial charge >= 0.3 is 0 Å². The lowest BCUT2D eigenvalue weighted by atomic mass is 10.1. The fourth-order valence-electron chi connectivity index (χ4n) is 4.36. The Bertz CT molecular complexity index is 941. The van der Waals surface area contributed by atoms with Crippen LogP contribution in [0.15, 0.2) is 24.3 Å². The molecule has 0 spiro atoms. The first-order chi connectivity index (χ1) is 14.7. The van der Waals surface area contributed by atoms with Gasteiger partial charge in [-0.3, -0.25) is 9.69 Å². The van der Waals surface area contributed by atoms with Crippen molar-refractivity contribution in [2.75, 3.05) is 50.1 Å². The molecule has 2 aromatic rings. The zero-order valence-corrected chi connectivity index (χ0v) is 18.3. The third-order valence-corrected chi connectivity index (χ3v) is 7.16. The molecule has 0 saturated carbocycles. The van der Waals surface area contributed by atoms with Gasteiger partial charge in [-0.1, -0.05) is 18.6 Å². The number of para-hydroxylation sites is 2. The summed E-state index contributed by atoms with van der Waals surface area (Å²) in [7, 11) is 1.69. The molecule has 4 rings (SSSR count). The standard InChI is InChI=1S/C23H28N4O2S/c1-29-20-9-6-5-8-19(20)27-13-11-26(12-14-27)16-22(28)25-23-18(15-24)17-7-3-2-4-10-21(17)30-23/h5-6,8-9H,2-4,7,10-14,16H2,1H3,(H,25,28). The minimum Gasteiger partial charge on any atom is -0.495 e. The van der Waals surface area contributed by atoms with Crippen molar-refractivity contribution in [1.82, 2.24) is 4.90 Å². The number of carbonyl (C=O) groups is 1. The molecule has 1 aliphatic carbocycles. The monoisotopic (exact) mass is 424 g/mol. The molecule has 1 aromatic carbocycles. The third kappa shape index (κ3) is 4.45. The first kappa shape index (κ1) is 20.7. The number of amides is 1. The summed E-state index contributed by atoms with van der Waals surface area (Å²) in [6, 6.07) is 10.4. The number of hydrogen-bond acceptors (Lipinski definition) is 6. The lowest BCUT2D eigenvalue weighted by Gasteiger charge is -2.36. The van der Waals surface area contributed by atoms with E-state index in [1.165, 1.54) is 23.3 Å². The molecule has 1 N–H and O–H groups in total. The number of rotatable bonds is 5. The van der Waals surface area contributed by atoms with E-state index in [2.05, 4.69) is 27.3 Å². The SMILES string of the molecule is COc1ccccc1N1CCN(CC(=O)Nc2sc3c(c2C#N)CCCCC3)CC1. The second-order valence-corrected chi connectivity index (χ2v) is 8.97. The topological polar surface area (TPSA) is 68.6 Å². The maximum Gasteiger partial charge on any atom is 0.239 e. The van der Waals surface area contributed by atoms with Gasteiger partial charge in [-0.25, -0.2) is 0 Å². The minimum atomic E-state index is -0.0337. The molecule has 7 heteroatoms. The number of piperazine rings is 1. The molecule has 1 aliphatic heterocycles. The Balaban J connectivity index is 1.34. The van der Waals surface area contributed by atoms with Crippen LogP contribution < -0.4 is 15.0 Å². The summed E-state index contributed by atoms with van der Waals surface area (Å²) >= 11 is 1.60. The maximum atomic E-state index is 12.7. The van der Waals surface area contributed by atoms with Crippen molar-refractivity contribution in [1.29, 1.82) is 5.26 Å². The first-order valence-corrected chi connectivity index (χ1v) is 11.5. The number of carbonyl (C=O) groups excluding carboxylic acids is 1. The van der Waals surface area contributed by atoms with Gasteiger partial charge < -0.3 is 15.0 Å². The van der Waals surface area contributed by atoms with Crippen LogP contribution in [0.25, 0.3) is 0 Å². The van der Waals surface area contributed by atoms with Crippen LogP contribution >= 0.6 is 11.3 Å². The van der Waals surface area contributed by atoms with Gasteiger partial charge in [0.1, 0.15) is 16.8 Å². The second kappa shape index (κ2) is 9.50. The smallest absolute Gasteiger partial charge is 0.239 e. The zero-order valence-electron chi connectivity index (χ0n) is 17.4. The van der Waals surface area contributed by atoms with E-state index in [0.29, 0.717) is 12.1 Å². The molecule has 158 valence electrons. The van der Waals surface area contributed by atoms with Crippen molar-refractivity contribution in [3.05, 3.63) is 40.3 Å². The molecular formula is C23H28N4O2S. The van der Waals surface area contributed by atoms with Gasteiger partial charge in [-0.05, 0) is 43.4 Å². The van der Waals surface area contributed by atoms with E-state index in [9.17, 15) is 10.1 Å². The van der Waals surface area contributed by atoms with Gasteiger partial charge in [0, 0.05) is 31.1 Å². The van der Waals surface area contributed by atoms with Crippen molar-refractivity contribution < 1.29 is 9.53 Å².